The maximum absolute atomic E-state index is 13.3. The van der Waals surface area contributed by atoms with Crippen LogP contribution in [0, 0.1) is 0 Å². The number of pyridine rings is 2. The summed E-state index contributed by atoms with van der Waals surface area (Å²) in [6.45, 7) is 8.05. The van der Waals surface area contributed by atoms with E-state index < -0.39 is 8.07 Å². The van der Waals surface area contributed by atoms with E-state index in [0.29, 0.717) is 24.5 Å². The molecule has 3 heterocycles. The normalized spacial score (nSPS) is 11.6. The van der Waals surface area contributed by atoms with E-state index in [2.05, 4.69) is 24.6 Å². The monoisotopic (exact) mass is 459 g/mol. The van der Waals surface area contributed by atoms with Gasteiger partial charge in [0.2, 0.25) is 0 Å². The quantitative estimate of drug-likeness (QED) is 0.184. The fourth-order valence-corrected chi connectivity index (χ4v) is 4.35. The van der Waals surface area contributed by atoms with Crippen molar-refractivity contribution >= 4 is 24.9 Å². The number of carbonyl (C=O) groups excluding carboxylic acids is 1. The van der Waals surface area contributed by atoms with E-state index in [1.54, 1.807) is 31.6 Å². The molecule has 0 aliphatic heterocycles. The zero-order valence-electron chi connectivity index (χ0n) is 19.5. The molecular formula is C26H29N3O3Si. The maximum atomic E-state index is 13.3. The Morgan fingerprint density at radius 3 is 2.42 bits per heavy atom. The Bertz CT molecular complexity index is 1250. The second-order valence-corrected chi connectivity index (χ2v) is 14.9. The van der Waals surface area contributed by atoms with E-state index >= 15 is 0 Å². The smallest absolute Gasteiger partial charge is 0.195 e. The number of ketones is 1. The molecule has 0 atom stereocenters. The Kier molecular flexibility index (Phi) is 6.71. The Labute approximate surface area is 195 Å². The predicted molar refractivity (Wildman–Crippen MR) is 133 cm³/mol. The van der Waals surface area contributed by atoms with Gasteiger partial charge in [0.25, 0.3) is 0 Å². The number of hydrogen-bond donors (Lipinski definition) is 0. The maximum Gasteiger partial charge on any atom is 0.195 e. The van der Waals surface area contributed by atoms with Crippen LogP contribution < -0.4 is 4.74 Å². The first-order valence-corrected chi connectivity index (χ1v) is 14.7. The van der Waals surface area contributed by atoms with Gasteiger partial charge < -0.3 is 14.0 Å². The zero-order chi connectivity index (χ0) is 23.4. The van der Waals surface area contributed by atoms with Crippen molar-refractivity contribution in [2.75, 3.05) is 13.7 Å². The average molecular weight is 460 g/mol. The van der Waals surface area contributed by atoms with Crippen molar-refractivity contribution in [2.24, 2.45) is 0 Å². The van der Waals surface area contributed by atoms with Gasteiger partial charge in [0, 0.05) is 61.5 Å². The molecule has 0 saturated heterocycles. The van der Waals surface area contributed by atoms with Crippen LogP contribution in [0.1, 0.15) is 15.9 Å². The van der Waals surface area contributed by atoms with Crippen LogP contribution in [0.5, 0.6) is 5.75 Å². The Morgan fingerprint density at radius 1 is 1.03 bits per heavy atom. The first-order chi connectivity index (χ1) is 15.9. The molecule has 0 bridgehead atoms. The summed E-state index contributed by atoms with van der Waals surface area (Å²) in [5.74, 6) is 0.736. The third kappa shape index (κ3) is 5.38. The standard InChI is InChI=1S/C26H29N3O3Si/c1-31-22-7-5-19(6-8-22)21-15-23-24(25(30)20-9-11-27-12-10-20)17-29(26(23)28-16-21)18-32-13-14-33(2,3)4/h5-12,15-17H,13-14,18H2,1-4H3. The SMILES string of the molecule is COc1ccc(-c2cnc3c(c2)c(C(=O)c2ccncc2)cn3COCC[Si](C)(C)C)cc1. The third-order valence-corrected chi connectivity index (χ3v) is 7.26. The highest BCUT2D eigenvalue weighted by atomic mass is 28.3. The van der Waals surface area contributed by atoms with Gasteiger partial charge in [-0.3, -0.25) is 9.78 Å². The summed E-state index contributed by atoms with van der Waals surface area (Å²) < 4.78 is 13.2. The lowest BCUT2D eigenvalue weighted by atomic mass is 10.0. The second-order valence-electron chi connectivity index (χ2n) is 9.25. The van der Waals surface area contributed by atoms with Crippen LogP contribution in [0.15, 0.2) is 67.3 Å². The van der Waals surface area contributed by atoms with E-state index in [-0.39, 0.29) is 5.78 Å². The lowest BCUT2D eigenvalue weighted by Crippen LogP contribution is -2.22. The fourth-order valence-electron chi connectivity index (χ4n) is 3.59. The number of aromatic nitrogens is 3. The van der Waals surface area contributed by atoms with Crippen molar-refractivity contribution in [3.05, 3.63) is 78.4 Å². The molecule has 0 aliphatic rings. The van der Waals surface area contributed by atoms with Gasteiger partial charge in [0.15, 0.2) is 5.78 Å². The van der Waals surface area contributed by atoms with E-state index in [1.807, 2.05) is 47.3 Å². The fraction of sp³-hybridized carbons (Fsp3) is 0.269. The molecule has 1 aromatic carbocycles. The van der Waals surface area contributed by atoms with Gasteiger partial charge in [0.05, 0.1) is 7.11 Å². The molecule has 0 N–H and O–H groups in total. The van der Waals surface area contributed by atoms with Crippen molar-refractivity contribution in [3.63, 3.8) is 0 Å². The van der Waals surface area contributed by atoms with Gasteiger partial charge in [-0.15, -0.1) is 0 Å². The lowest BCUT2D eigenvalue weighted by Gasteiger charge is -2.15. The predicted octanol–water partition coefficient (Wildman–Crippen LogP) is 5.65. The van der Waals surface area contributed by atoms with E-state index in [9.17, 15) is 4.79 Å². The van der Waals surface area contributed by atoms with Crippen molar-refractivity contribution < 1.29 is 14.3 Å². The summed E-state index contributed by atoms with van der Waals surface area (Å²) in [6.07, 6.45) is 6.95. The molecule has 0 unspecified atom stereocenters. The molecule has 0 fully saturated rings. The number of nitrogens with zero attached hydrogens (tertiary/aromatic N) is 3. The highest BCUT2D eigenvalue weighted by molar-refractivity contribution is 6.76. The van der Waals surface area contributed by atoms with Crippen LogP contribution in [0.3, 0.4) is 0 Å². The van der Waals surface area contributed by atoms with Crippen LogP contribution in [0.25, 0.3) is 22.2 Å². The van der Waals surface area contributed by atoms with E-state index in [1.165, 1.54) is 0 Å². The number of carbonyl (C=O) groups is 1. The van der Waals surface area contributed by atoms with Crippen LogP contribution in [0.4, 0.5) is 0 Å². The minimum Gasteiger partial charge on any atom is -0.497 e. The summed E-state index contributed by atoms with van der Waals surface area (Å²) in [7, 11) is 0.470. The Morgan fingerprint density at radius 2 is 1.76 bits per heavy atom. The highest BCUT2D eigenvalue weighted by Crippen LogP contribution is 2.29. The minimum atomic E-state index is -1.18. The minimum absolute atomic E-state index is 0.0584. The molecule has 0 aliphatic carbocycles. The molecule has 33 heavy (non-hydrogen) atoms. The molecule has 4 rings (SSSR count). The number of hydrogen-bond acceptors (Lipinski definition) is 5. The molecule has 4 aromatic rings. The average Bonchev–Trinajstić information content (AvgIpc) is 3.19. The van der Waals surface area contributed by atoms with Gasteiger partial charge in [-0.2, -0.15) is 0 Å². The molecular weight excluding hydrogens is 430 g/mol. The molecule has 0 spiro atoms. The van der Waals surface area contributed by atoms with E-state index in [0.717, 1.165) is 34.0 Å². The van der Waals surface area contributed by atoms with Crippen LogP contribution in [-0.4, -0.2) is 42.1 Å². The first-order valence-electron chi connectivity index (χ1n) is 11.0. The molecule has 0 saturated carbocycles. The molecule has 3 aromatic heterocycles. The zero-order valence-corrected chi connectivity index (χ0v) is 20.5. The highest BCUT2D eigenvalue weighted by Gasteiger charge is 2.19. The van der Waals surface area contributed by atoms with Gasteiger partial charge in [-0.25, -0.2) is 4.98 Å². The summed E-state index contributed by atoms with van der Waals surface area (Å²) in [5.41, 5.74) is 3.88. The summed E-state index contributed by atoms with van der Waals surface area (Å²) >= 11 is 0. The van der Waals surface area contributed by atoms with Crippen LogP contribution in [-0.2, 0) is 11.5 Å². The lowest BCUT2D eigenvalue weighted by molar-refractivity contribution is 0.0896. The molecule has 0 radical (unpaired) electrons. The molecule has 170 valence electrons. The van der Waals surface area contributed by atoms with E-state index in [4.69, 9.17) is 14.5 Å². The van der Waals surface area contributed by atoms with Crippen molar-refractivity contribution in [1.82, 2.24) is 14.5 Å². The summed E-state index contributed by atoms with van der Waals surface area (Å²) in [5, 5.41) is 0.805. The van der Waals surface area contributed by atoms with Gasteiger partial charge >= 0.3 is 0 Å². The third-order valence-electron chi connectivity index (χ3n) is 5.55. The van der Waals surface area contributed by atoms with Crippen LogP contribution in [0.2, 0.25) is 25.7 Å². The van der Waals surface area contributed by atoms with Crippen LogP contribution >= 0.6 is 0 Å². The molecule has 7 heteroatoms. The Hall–Kier alpha value is -3.29. The number of fused-ring (bicyclic) bond motifs is 1. The molecule has 0 amide bonds. The summed E-state index contributed by atoms with van der Waals surface area (Å²) in [6, 6.07) is 14.4. The number of ether oxygens (including phenoxy) is 2. The van der Waals surface area contributed by atoms with Crippen molar-refractivity contribution in [3.8, 4) is 16.9 Å². The van der Waals surface area contributed by atoms with Crippen molar-refractivity contribution in [2.45, 2.75) is 32.4 Å². The summed E-state index contributed by atoms with van der Waals surface area (Å²) in [4.78, 5) is 22.1. The van der Waals surface area contributed by atoms with Crippen molar-refractivity contribution in [1.29, 1.82) is 0 Å². The number of methoxy groups -OCH3 is 1. The van der Waals surface area contributed by atoms with Gasteiger partial charge in [-0.1, -0.05) is 31.8 Å². The topological polar surface area (TPSA) is 66.2 Å². The largest absolute Gasteiger partial charge is 0.497 e. The Balaban J connectivity index is 1.71. The molecule has 6 nitrogen and oxygen atoms in total. The second kappa shape index (κ2) is 9.68. The number of rotatable bonds is 9. The first kappa shape index (κ1) is 22.9. The van der Waals surface area contributed by atoms with Gasteiger partial charge in [-0.05, 0) is 41.9 Å². The number of benzene rings is 1. The van der Waals surface area contributed by atoms with Gasteiger partial charge in [0.1, 0.15) is 18.1 Å².